The van der Waals surface area contributed by atoms with E-state index in [9.17, 15) is 9.59 Å². The molecule has 16 heavy (non-hydrogen) atoms. The summed E-state index contributed by atoms with van der Waals surface area (Å²) >= 11 is 1.83. The van der Waals surface area contributed by atoms with Crippen molar-refractivity contribution in [3.8, 4) is 0 Å². The maximum absolute atomic E-state index is 11.8. The molecule has 2 fully saturated rings. The van der Waals surface area contributed by atoms with Crippen molar-refractivity contribution in [1.82, 2.24) is 5.32 Å². The Bertz CT molecular complexity index is 320. The summed E-state index contributed by atoms with van der Waals surface area (Å²) in [6, 6.07) is -0.433. The standard InChI is InChI=1S/C11H17NO3S/c1-3-15-10(14)9-11(5-8(13)12-9)4-7(2)16-6-11/h7,9H,3-6H2,1-2H3,(H,12,13). The molecule has 2 saturated heterocycles. The number of thioether (sulfide) groups is 1. The number of esters is 1. The van der Waals surface area contributed by atoms with E-state index >= 15 is 0 Å². The predicted molar refractivity (Wildman–Crippen MR) is 62.2 cm³/mol. The van der Waals surface area contributed by atoms with Crippen molar-refractivity contribution in [3.63, 3.8) is 0 Å². The van der Waals surface area contributed by atoms with Crippen molar-refractivity contribution in [1.29, 1.82) is 0 Å². The van der Waals surface area contributed by atoms with E-state index in [1.165, 1.54) is 0 Å². The summed E-state index contributed by atoms with van der Waals surface area (Å²) in [4.78, 5) is 23.3. The van der Waals surface area contributed by atoms with E-state index in [1.807, 2.05) is 11.8 Å². The van der Waals surface area contributed by atoms with Gasteiger partial charge in [-0.2, -0.15) is 11.8 Å². The predicted octanol–water partition coefficient (Wildman–Crippen LogP) is 0.950. The fourth-order valence-corrected chi connectivity index (χ4v) is 4.10. The zero-order valence-electron chi connectivity index (χ0n) is 9.62. The Labute approximate surface area is 99.5 Å². The average Bonchev–Trinajstić information content (AvgIpc) is 2.72. The van der Waals surface area contributed by atoms with Crippen LogP contribution in [0.3, 0.4) is 0 Å². The van der Waals surface area contributed by atoms with Crippen LogP contribution < -0.4 is 5.32 Å². The van der Waals surface area contributed by atoms with E-state index in [2.05, 4.69) is 12.2 Å². The van der Waals surface area contributed by atoms with Crippen molar-refractivity contribution < 1.29 is 14.3 Å². The zero-order valence-corrected chi connectivity index (χ0v) is 10.4. The molecule has 2 rings (SSSR count). The van der Waals surface area contributed by atoms with Crippen molar-refractivity contribution >= 4 is 23.6 Å². The average molecular weight is 243 g/mol. The second kappa shape index (κ2) is 4.28. The van der Waals surface area contributed by atoms with Crippen molar-refractivity contribution in [2.45, 2.75) is 38.0 Å². The molecule has 0 radical (unpaired) electrons. The highest BCUT2D eigenvalue weighted by Crippen LogP contribution is 2.48. The quantitative estimate of drug-likeness (QED) is 0.734. The van der Waals surface area contributed by atoms with Gasteiger partial charge in [-0.05, 0) is 13.3 Å². The Morgan fingerprint density at radius 2 is 2.44 bits per heavy atom. The first-order valence-electron chi connectivity index (χ1n) is 5.65. The summed E-state index contributed by atoms with van der Waals surface area (Å²) in [6.07, 6.45) is 1.38. The molecule has 3 atom stereocenters. The molecule has 2 heterocycles. The van der Waals surface area contributed by atoms with Gasteiger partial charge in [0.25, 0.3) is 0 Å². The molecular formula is C11H17NO3S. The number of rotatable bonds is 2. The van der Waals surface area contributed by atoms with Crippen LogP contribution in [0.2, 0.25) is 0 Å². The fraction of sp³-hybridized carbons (Fsp3) is 0.818. The first-order valence-corrected chi connectivity index (χ1v) is 6.70. The van der Waals surface area contributed by atoms with Crippen LogP contribution in [0.5, 0.6) is 0 Å². The van der Waals surface area contributed by atoms with Crippen molar-refractivity contribution in [3.05, 3.63) is 0 Å². The highest BCUT2D eigenvalue weighted by Gasteiger charge is 2.54. The van der Waals surface area contributed by atoms with Crippen LogP contribution in [-0.4, -0.2) is 35.5 Å². The third-order valence-electron chi connectivity index (χ3n) is 3.30. The van der Waals surface area contributed by atoms with Gasteiger partial charge in [-0.3, -0.25) is 4.79 Å². The van der Waals surface area contributed by atoms with Gasteiger partial charge in [-0.1, -0.05) is 6.92 Å². The second-order valence-corrected chi connectivity index (χ2v) is 6.04. The monoisotopic (exact) mass is 243 g/mol. The minimum Gasteiger partial charge on any atom is -0.464 e. The van der Waals surface area contributed by atoms with Crippen LogP contribution in [-0.2, 0) is 14.3 Å². The largest absolute Gasteiger partial charge is 0.464 e. The number of amides is 1. The molecule has 0 bridgehead atoms. The van der Waals surface area contributed by atoms with Gasteiger partial charge in [0.2, 0.25) is 5.91 Å². The second-order valence-electron chi connectivity index (χ2n) is 4.62. The summed E-state index contributed by atoms with van der Waals surface area (Å²) in [5.74, 6) is 0.576. The topological polar surface area (TPSA) is 55.4 Å². The molecule has 4 nitrogen and oxygen atoms in total. The third kappa shape index (κ3) is 1.93. The maximum atomic E-state index is 11.8. The summed E-state index contributed by atoms with van der Waals surface area (Å²) in [6.45, 7) is 4.29. The molecule has 5 heteroatoms. The lowest BCUT2D eigenvalue weighted by atomic mass is 9.78. The van der Waals surface area contributed by atoms with E-state index < -0.39 is 6.04 Å². The molecule has 3 unspecified atom stereocenters. The van der Waals surface area contributed by atoms with Crippen LogP contribution in [0.15, 0.2) is 0 Å². The SMILES string of the molecule is CCOC(=O)C1NC(=O)CC12CSC(C)C2. The van der Waals surface area contributed by atoms with Crippen LogP contribution in [0, 0.1) is 5.41 Å². The highest BCUT2D eigenvalue weighted by atomic mass is 32.2. The summed E-state index contributed by atoms with van der Waals surface area (Å²) in [7, 11) is 0. The Morgan fingerprint density at radius 1 is 1.69 bits per heavy atom. The molecule has 90 valence electrons. The summed E-state index contributed by atoms with van der Waals surface area (Å²) in [5, 5.41) is 3.28. The molecular weight excluding hydrogens is 226 g/mol. The highest BCUT2D eigenvalue weighted by molar-refractivity contribution is 8.00. The molecule has 2 aliphatic heterocycles. The molecule has 0 aromatic heterocycles. The van der Waals surface area contributed by atoms with E-state index in [0.717, 1.165) is 12.2 Å². The Balaban J connectivity index is 2.16. The Morgan fingerprint density at radius 3 is 3.00 bits per heavy atom. The first-order chi connectivity index (χ1) is 7.57. The number of hydrogen-bond acceptors (Lipinski definition) is 4. The molecule has 1 amide bonds. The van der Waals surface area contributed by atoms with Gasteiger partial charge in [-0.15, -0.1) is 0 Å². The number of carbonyl (C=O) groups excluding carboxylic acids is 2. The van der Waals surface area contributed by atoms with Gasteiger partial charge in [0.1, 0.15) is 6.04 Å². The smallest absolute Gasteiger partial charge is 0.329 e. The van der Waals surface area contributed by atoms with E-state index in [0.29, 0.717) is 18.3 Å². The normalized spacial score (nSPS) is 37.8. The number of carbonyl (C=O) groups is 2. The van der Waals surface area contributed by atoms with Crippen LogP contribution in [0.4, 0.5) is 0 Å². The Hall–Kier alpha value is -0.710. The molecule has 0 aromatic rings. The fourth-order valence-electron chi connectivity index (χ4n) is 2.64. The minimum atomic E-state index is -0.433. The summed E-state index contributed by atoms with van der Waals surface area (Å²) < 4.78 is 5.03. The lowest BCUT2D eigenvalue weighted by Gasteiger charge is -2.27. The minimum absolute atomic E-state index is 0.0206. The zero-order chi connectivity index (χ0) is 11.8. The number of hydrogen-bond donors (Lipinski definition) is 1. The molecule has 1 spiro atoms. The molecule has 0 aromatic carbocycles. The van der Waals surface area contributed by atoms with Crippen molar-refractivity contribution in [2.75, 3.05) is 12.4 Å². The lowest BCUT2D eigenvalue weighted by molar-refractivity contribution is -0.148. The van der Waals surface area contributed by atoms with Crippen LogP contribution in [0.25, 0.3) is 0 Å². The van der Waals surface area contributed by atoms with Crippen LogP contribution >= 0.6 is 11.8 Å². The van der Waals surface area contributed by atoms with Gasteiger partial charge >= 0.3 is 5.97 Å². The molecule has 2 aliphatic rings. The van der Waals surface area contributed by atoms with Crippen molar-refractivity contribution in [2.24, 2.45) is 5.41 Å². The van der Waals surface area contributed by atoms with Gasteiger partial charge in [0, 0.05) is 22.8 Å². The van der Waals surface area contributed by atoms with Gasteiger partial charge < -0.3 is 10.1 Å². The van der Waals surface area contributed by atoms with Gasteiger partial charge in [0.05, 0.1) is 6.61 Å². The Kier molecular flexibility index (Phi) is 3.15. The van der Waals surface area contributed by atoms with E-state index in [1.54, 1.807) is 6.92 Å². The number of ether oxygens (including phenoxy) is 1. The molecule has 0 saturated carbocycles. The number of nitrogens with one attached hydrogen (secondary N) is 1. The first kappa shape index (κ1) is 11.8. The molecule has 0 aliphatic carbocycles. The molecule has 1 N–H and O–H groups in total. The van der Waals surface area contributed by atoms with Crippen LogP contribution in [0.1, 0.15) is 26.7 Å². The van der Waals surface area contributed by atoms with E-state index in [4.69, 9.17) is 4.74 Å². The van der Waals surface area contributed by atoms with Gasteiger partial charge in [-0.25, -0.2) is 4.79 Å². The third-order valence-corrected chi connectivity index (χ3v) is 4.78. The van der Waals surface area contributed by atoms with E-state index in [-0.39, 0.29) is 17.3 Å². The van der Waals surface area contributed by atoms with Gasteiger partial charge in [0.15, 0.2) is 0 Å². The maximum Gasteiger partial charge on any atom is 0.329 e. The summed E-state index contributed by atoms with van der Waals surface area (Å²) in [5.41, 5.74) is -0.201. The lowest BCUT2D eigenvalue weighted by Crippen LogP contribution is -2.45.